The lowest BCUT2D eigenvalue weighted by atomic mass is 10.1. The molecule has 0 radical (unpaired) electrons. The van der Waals surface area contributed by atoms with E-state index in [0.29, 0.717) is 11.4 Å². The zero-order valence-corrected chi connectivity index (χ0v) is 12.3. The molecular weight excluding hydrogens is 321 g/mol. The number of ether oxygens (including phenoxy) is 1. The number of hydrogen-bond donors (Lipinski definition) is 1. The third-order valence-electron chi connectivity index (χ3n) is 2.29. The monoisotopic (exact) mass is 333 g/mol. The van der Waals surface area contributed by atoms with Gasteiger partial charge in [0.2, 0.25) is 5.91 Å². The molecule has 0 heterocycles. The molecule has 1 rings (SSSR count). The molecule has 0 aliphatic carbocycles. The number of benzene rings is 1. The number of methoxy groups -OCH3 is 1. The molecule has 0 aliphatic heterocycles. The quantitative estimate of drug-likeness (QED) is 0.860. The van der Waals surface area contributed by atoms with Gasteiger partial charge in [-0.05, 0) is 23.8 Å². The summed E-state index contributed by atoms with van der Waals surface area (Å²) in [6.07, 6.45) is 0.313. The zero-order chi connectivity index (χ0) is 13.7. The van der Waals surface area contributed by atoms with Gasteiger partial charge in [-0.25, -0.2) is 4.79 Å². The Kier molecular flexibility index (Phi) is 5.62. The fourth-order valence-corrected chi connectivity index (χ4v) is 2.10. The van der Waals surface area contributed by atoms with E-state index in [-0.39, 0.29) is 5.91 Å². The summed E-state index contributed by atoms with van der Waals surface area (Å²) in [5.74, 6) is -0.777. The number of carbonyl (C=O) groups excluding carboxylic acids is 2. The summed E-state index contributed by atoms with van der Waals surface area (Å²) >= 11 is 9.27. The molecule has 0 aromatic heterocycles. The highest BCUT2D eigenvalue weighted by molar-refractivity contribution is 9.10. The van der Waals surface area contributed by atoms with Crippen molar-refractivity contribution in [2.24, 2.45) is 0 Å². The van der Waals surface area contributed by atoms with Gasteiger partial charge in [0, 0.05) is 22.8 Å². The molecule has 0 saturated carbocycles. The lowest BCUT2D eigenvalue weighted by molar-refractivity contribution is -0.144. The summed E-state index contributed by atoms with van der Waals surface area (Å²) in [7, 11) is 1.28. The van der Waals surface area contributed by atoms with Crippen molar-refractivity contribution in [2.75, 3.05) is 7.11 Å². The molecule has 0 spiro atoms. The molecule has 4 nitrogen and oxygen atoms in total. The molecular formula is C12H13BrClNO3. The molecule has 98 valence electrons. The largest absolute Gasteiger partial charge is 0.467 e. The molecule has 1 atom stereocenters. The molecule has 1 amide bonds. The van der Waals surface area contributed by atoms with Crippen molar-refractivity contribution < 1.29 is 14.3 Å². The summed E-state index contributed by atoms with van der Waals surface area (Å²) in [6.45, 7) is 1.35. The molecule has 1 aromatic rings. The van der Waals surface area contributed by atoms with Crippen LogP contribution < -0.4 is 5.32 Å². The van der Waals surface area contributed by atoms with Crippen LogP contribution in [0.3, 0.4) is 0 Å². The molecule has 6 heteroatoms. The van der Waals surface area contributed by atoms with Crippen LogP contribution in [0, 0.1) is 0 Å². The smallest absolute Gasteiger partial charge is 0.328 e. The van der Waals surface area contributed by atoms with E-state index < -0.39 is 12.0 Å². The molecule has 18 heavy (non-hydrogen) atoms. The number of carbonyl (C=O) groups is 2. The van der Waals surface area contributed by atoms with Crippen LogP contribution in [-0.2, 0) is 20.7 Å². The van der Waals surface area contributed by atoms with E-state index in [1.165, 1.54) is 14.0 Å². The summed E-state index contributed by atoms with van der Waals surface area (Å²) < 4.78 is 5.48. The van der Waals surface area contributed by atoms with E-state index >= 15 is 0 Å². The van der Waals surface area contributed by atoms with Gasteiger partial charge in [-0.15, -0.1) is 0 Å². The van der Waals surface area contributed by atoms with Crippen LogP contribution >= 0.6 is 27.5 Å². The number of halogens is 2. The Morgan fingerprint density at radius 3 is 2.72 bits per heavy atom. The third kappa shape index (κ3) is 4.31. The Morgan fingerprint density at radius 2 is 2.17 bits per heavy atom. The Bertz CT molecular complexity index is 465. The van der Waals surface area contributed by atoms with Crippen LogP contribution in [0.15, 0.2) is 22.7 Å². The van der Waals surface area contributed by atoms with E-state index in [4.69, 9.17) is 11.6 Å². The second-order valence-electron chi connectivity index (χ2n) is 3.72. The van der Waals surface area contributed by atoms with Crippen molar-refractivity contribution in [2.45, 2.75) is 19.4 Å². The van der Waals surface area contributed by atoms with E-state index in [2.05, 4.69) is 26.0 Å². The first-order chi connectivity index (χ1) is 8.43. The SMILES string of the molecule is COC(=O)[C@@H](Cc1cc(Cl)ccc1Br)NC(C)=O. The van der Waals surface area contributed by atoms with E-state index in [9.17, 15) is 9.59 Å². The number of nitrogens with one attached hydrogen (secondary N) is 1. The van der Waals surface area contributed by atoms with Gasteiger partial charge in [0.25, 0.3) is 0 Å². The molecule has 0 bridgehead atoms. The summed E-state index contributed by atoms with van der Waals surface area (Å²) in [4.78, 5) is 22.6. The van der Waals surface area contributed by atoms with Gasteiger partial charge < -0.3 is 10.1 Å². The van der Waals surface area contributed by atoms with Crippen molar-refractivity contribution in [3.05, 3.63) is 33.3 Å². The van der Waals surface area contributed by atoms with Crippen molar-refractivity contribution >= 4 is 39.4 Å². The minimum Gasteiger partial charge on any atom is -0.467 e. The summed E-state index contributed by atoms with van der Waals surface area (Å²) in [5, 5.41) is 3.12. The van der Waals surface area contributed by atoms with E-state index in [1.54, 1.807) is 18.2 Å². The van der Waals surface area contributed by atoms with E-state index in [1.807, 2.05) is 0 Å². The topological polar surface area (TPSA) is 55.4 Å². The second-order valence-corrected chi connectivity index (χ2v) is 5.01. The molecule has 0 saturated heterocycles. The Hall–Kier alpha value is -1.07. The van der Waals surface area contributed by atoms with Gasteiger partial charge in [-0.3, -0.25) is 4.79 Å². The summed E-state index contributed by atoms with van der Waals surface area (Å²) in [5.41, 5.74) is 0.826. The van der Waals surface area contributed by atoms with Crippen LogP contribution in [0.1, 0.15) is 12.5 Å². The van der Waals surface area contributed by atoms with Gasteiger partial charge in [0.15, 0.2) is 0 Å². The van der Waals surface area contributed by atoms with Gasteiger partial charge in [0.1, 0.15) is 6.04 Å². The Balaban J connectivity index is 2.91. The first-order valence-electron chi connectivity index (χ1n) is 5.23. The highest BCUT2D eigenvalue weighted by Gasteiger charge is 2.21. The maximum atomic E-state index is 11.6. The number of esters is 1. The molecule has 0 aliphatic rings. The van der Waals surface area contributed by atoms with Crippen LogP contribution in [0.4, 0.5) is 0 Å². The fourth-order valence-electron chi connectivity index (χ4n) is 1.50. The minimum absolute atomic E-state index is 0.288. The Labute approximate surface area is 119 Å². The Morgan fingerprint density at radius 1 is 1.50 bits per heavy atom. The third-order valence-corrected chi connectivity index (χ3v) is 3.30. The zero-order valence-electron chi connectivity index (χ0n) is 10.00. The van der Waals surface area contributed by atoms with E-state index in [0.717, 1.165) is 10.0 Å². The average Bonchev–Trinajstić information content (AvgIpc) is 2.31. The minimum atomic E-state index is -0.720. The van der Waals surface area contributed by atoms with Gasteiger partial charge in [0.05, 0.1) is 7.11 Å². The highest BCUT2D eigenvalue weighted by atomic mass is 79.9. The number of amides is 1. The molecule has 0 fully saturated rings. The second kappa shape index (κ2) is 6.75. The average molecular weight is 335 g/mol. The maximum absolute atomic E-state index is 11.6. The van der Waals surface area contributed by atoms with Crippen LogP contribution in [0.5, 0.6) is 0 Å². The van der Waals surface area contributed by atoms with Gasteiger partial charge in [-0.1, -0.05) is 27.5 Å². The van der Waals surface area contributed by atoms with Gasteiger partial charge >= 0.3 is 5.97 Å². The van der Waals surface area contributed by atoms with Crippen LogP contribution in [0.25, 0.3) is 0 Å². The van der Waals surface area contributed by atoms with Crippen molar-refractivity contribution in [1.82, 2.24) is 5.32 Å². The predicted molar refractivity (Wildman–Crippen MR) is 72.5 cm³/mol. The number of rotatable bonds is 4. The van der Waals surface area contributed by atoms with Crippen molar-refractivity contribution in [3.63, 3.8) is 0 Å². The van der Waals surface area contributed by atoms with Gasteiger partial charge in [-0.2, -0.15) is 0 Å². The first-order valence-corrected chi connectivity index (χ1v) is 6.40. The van der Waals surface area contributed by atoms with Crippen molar-refractivity contribution in [1.29, 1.82) is 0 Å². The summed E-state index contributed by atoms with van der Waals surface area (Å²) in [6, 6.07) is 4.55. The first kappa shape index (κ1) is 15.0. The number of hydrogen-bond acceptors (Lipinski definition) is 3. The maximum Gasteiger partial charge on any atom is 0.328 e. The standard InChI is InChI=1S/C12H13BrClNO3/c1-7(16)15-11(12(17)18-2)6-8-5-9(14)3-4-10(8)13/h3-5,11H,6H2,1-2H3,(H,15,16)/t11-/m1/s1. The highest BCUT2D eigenvalue weighted by Crippen LogP contribution is 2.22. The predicted octanol–water partition coefficient (Wildman–Crippen LogP) is 2.32. The molecule has 1 N–H and O–H groups in total. The normalized spacial score (nSPS) is 11.8. The lowest BCUT2D eigenvalue weighted by Gasteiger charge is -2.16. The molecule has 0 unspecified atom stereocenters. The fraction of sp³-hybridized carbons (Fsp3) is 0.333. The lowest BCUT2D eigenvalue weighted by Crippen LogP contribution is -2.42. The molecule has 1 aromatic carbocycles. The van der Waals surface area contributed by atoms with Crippen LogP contribution in [-0.4, -0.2) is 25.0 Å². The van der Waals surface area contributed by atoms with Crippen LogP contribution in [0.2, 0.25) is 5.02 Å². The van der Waals surface area contributed by atoms with Crippen molar-refractivity contribution in [3.8, 4) is 0 Å².